The van der Waals surface area contributed by atoms with E-state index in [1.807, 2.05) is 13.0 Å². The summed E-state index contributed by atoms with van der Waals surface area (Å²) in [6.07, 6.45) is 0.923. The van der Waals surface area contributed by atoms with Crippen molar-refractivity contribution in [3.8, 4) is 0 Å². The summed E-state index contributed by atoms with van der Waals surface area (Å²) in [5.74, 6) is 1.08. The van der Waals surface area contributed by atoms with Crippen LogP contribution in [0.1, 0.15) is 44.9 Å². The zero-order valence-electron chi connectivity index (χ0n) is 10.2. The van der Waals surface area contributed by atoms with Crippen molar-refractivity contribution < 1.29 is 5.11 Å². The quantitative estimate of drug-likeness (QED) is 0.828. The van der Waals surface area contributed by atoms with Gasteiger partial charge >= 0.3 is 0 Å². The first-order valence-electron chi connectivity index (χ1n) is 5.36. The van der Waals surface area contributed by atoms with E-state index in [0.29, 0.717) is 11.7 Å². The molecule has 15 heavy (non-hydrogen) atoms. The van der Waals surface area contributed by atoms with Gasteiger partial charge in [-0.25, -0.2) is 9.97 Å². The van der Waals surface area contributed by atoms with Crippen molar-refractivity contribution in [1.29, 1.82) is 0 Å². The minimum absolute atomic E-state index is 0.512. The predicted molar refractivity (Wildman–Crippen MR) is 60.6 cm³/mol. The highest BCUT2D eigenvalue weighted by atomic mass is 16.3. The molecule has 84 valence electrons. The minimum atomic E-state index is -0.961. The largest absolute Gasteiger partial charge is 0.382 e. The lowest BCUT2D eigenvalue weighted by Crippen LogP contribution is -2.21. The van der Waals surface area contributed by atoms with Crippen LogP contribution in [-0.4, -0.2) is 15.1 Å². The van der Waals surface area contributed by atoms with Gasteiger partial charge in [-0.1, -0.05) is 13.8 Å². The number of aromatic nitrogens is 2. The first kappa shape index (κ1) is 12.1. The zero-order chi connectivity index (χ0) is 11.6. The number of aliphatic hydroxyl groups is 1. The highest BCUT2D eigenvalue weighted by Gasteiger charge is 2.20. The Morgan fingerprint density at radius 3 is 2.40 bits per heavy atom. The maximum Gasteiger partial charge on any atom is 0.159 e. The molecule has 0 spiro atoms. The Bertz CT molecular complexity index is 340. The molecule has 0 aliphatic heterocycles. The third-order valence-corrected chi connectivity index (χ3v) is 2.07. The Morgan fingerprint density at radius 2 is 1.93 bits per heavy atom. The highest BCUT2D eigenvalue weighted by Crippen LogP contribution is 2.17. The molecule has 0 unspecified atom stereocenters. The van der Waals surface area contributed by atoms with Gasteiger partial charge in [-0.05, 0) is 39.2 Å². The Balaban J connectivity index is 3.06. The van der Waals surface area contributed by atoms with E-state index < -0.39 is 5.60 Å². The summed E-state index contributed by atoms with van der Waals surface area (Å²) in [6.45, 7) is 9.66. The van der Waals surface area contributed by atoms with Crippen LogP contribution in [0.4, 0.5) is 0 Å². The molecule has 0 atom stereocenters. The normalized spacial score (nSPS) is 12.2. The minimum Gasteiger partial charge on any atom is -0.382 e. The maximum absolute atomic E-state index is 9.85. The fourth-order valence-corrected chi connectivity index (χ4v) is 1.43. The van der Waals surface area contributed by atoms with E-state index in [1.54, 1.807) is 13.8 Å². The molecule has 0 saturated carbocycles. The SMILES string of the molecule is Cc1cc(CC(C)C)nc(C(C)(C)O)n1. The molecule has 3 heteroatoms. The molecule has 0 aliphatic rings. The van der Waals surface area contributed by atoms with Crippen molar-refractivity contribution in [2.75, 3.05) is 0 Å². The van der Waals surface area contributed by atoms with Crippen LogP contribution in [-0.2, 0) is 12.0 Å². The van der Waals surface area contributed by atoms with E-state index in [2.05, 4.69) is 23.8 Å². The molecule has 0 fully saturated rings. The second-order valence-electron chi connectivity index (χ2n) is 4.98. The average molecular weight is 208 g/mol. The topological polar surface area (TPSA) is 46.0 Å². The molecule has 1 aromatic heterocycles. The van der Waals surface area contributed by atoms with Crippen LogP contribution >= 0.6 is 0 Å². The highest BCUT2D eigenvalue weighted by molar-refractivity contribution is 5.13. The molecule has 1 aromatic rings. The molecule has 1 N–H and O–H groups in total. The lowest BCUT2D eigenvalue weighted by molar-refractivity contribution is 0.0682. The summed E-state index contributed by atoms with van der Waals surface area (Å²) >= 11 is 0. The van der Waals surface area contributed by atoms with E-state index >= 15 is 0 Å². The maximum atomic E-state index is 9.85. The number of hydrogen-bond acceptors (Lipinski definition) is 3. The molecule has 0 amide bonds. The van der Waals surface area contributed by atoms with Crippen molar-refractivity contribution in [1.82, 2.24) is 9.97 Å². The smallest absolute Gasteiger partial charge is 0.159 e. The Labute approximate surface area is 91.6 Å². The average Bonchev–Trinajstić information content (AvgIpc) is 1.99. The van der Waals surface area contributed by atoms with Crippen LogP contribution in [0.5, 0.6) is 0 Å². The number of nitrogens with zero attached hydrogens (tertiary/aromatic N) is 2. The third-order valence-electron chi connectivity index (χ3n) is 2.07. The van der Waals surface area contributed by atoms with Crippen LogP contribution in [0.15, 0.2) is 6.07 Å². The first-order valence-corrected chi connectivity index (χ1v) is 5.36. The van der Waals surface area contributed by atoms with Crippen LogP contribution in [0.25, 0.3) is 0 Å². The van der Waals surface area contributed by atoms with E-state index in [1.165, 1.54) is 0 Å². The molecule has 0 aliphatic carbocycles. The molecule has 0 aromatic carbocycles. The Kier molecular flexibility index (Phi) is 3.45. The van der Waals surface area contributed by atoms with Gasteiger partial charge in [-0.15, -0.1) is 0 Å². The first-order chi connectivity index (χ1) is 6.79. The van der Waals surface area contributed by atoms with Gasteiger partial charge in [0.1, 0.15) is 5.60 Å². The molecule has 0 bridgehead atoms. The molecule has 3 nitrogen and oxygen atoms in total. The van der Waals surface area contributed by atoms with Gasteiger partial charge in [0.2, 0.25) is 0 Å². The van der Waals surface area contributed by atoms with Crippen LogP contribution in [0.2, 0.25) is 0 Å². The van der Waals surface area contributed by atoms with Crippen molar-refractivity contribution in [3.05, 3.63) is 23.3 Å². The fourth-order valence-electron chi connectivity index (χ4n) is 1.43. The molecule has 0 saturated heterocycles. The van der Waals surface area contributed by atoms with Crippen molar-refractivity contribution in [2.45, 2.75) is 46.6 Å². The van der Waals surface area contributed by atoms with Gasteiger partial charge in [0.15, 0.2) is 5.82 Å². The third kappa shape index (κ3) is 3.59. The van der Waals surface area contributed by atoms with E-state index in [0.717, 1.165) is 17.8 Å². The van der Waals surface area contributed by atoms with Gasteiger partial charge < -0.3 is 5.11 Å². The lowest BCUT2D eigenvalue weighted by atomic mass is 10.1. The van der Waals surface area contributed by atoms with E-state index in [9.17, 15) is 5.11 Å². The summed E-state index contributed by atoms with van der Waals surface area (Å²) < 4.78 is 0. The van der Waals surface area contributed by atoms with Gasteiger partial charge in [0.05, 0.1) is 0 Å². The molecular weight excluding hydrogens is 188 g/mol. The van der Waals surface area contributed by atoms with Crippen LogP contribution in [0.3, 0.4) is 0 Å². The second kappa shape index (κ2) is 4.27. The van der Waals surface area contributed by atoms with Crippen molar-refractivity contribution in [2.24, 2.45) is 5.92 Å². The van der Waals surface area contributed by atoms with Gasteiger partial charge in [-0.2, -0.15) is 0 Å². The second-order valence-corrected chi connectivity index (χ2v) is 4.98. The van der Waals surface area contributed by atoms with Crippen LogP contribution in [0, 0.1) is 12.8 Å². The van der Waals surface area contributed by atoms with Gasteiger partial charge in [0, 0.05) is 11.4 Å². The van der Waals surface area contributed by atoms with Crippen molar-refractivity contribution in [3.63, 3.8) is 0 Å². The standard InChI is InChI=1S/C12H20N2O/c1-8(2)6-10-7-9(3)13-11(14-10)12(4,5)15/h7-8,15H,6H2,1-5H3. The molecule has 1 heterocycles. The van der Waals surface area contributed by atoms with E-state index in [-0.39, 0.29) is 0 Å². The fraction of sp³-hybridized carbons (Fsp3) is 0.667. The van der Waals surface area contributed by atoms with Crippen LogP contribution < -0.4 is 0 Å². The summed E-state index contributed by atoms with van der Waals surface area (Å²) in [6, 6.07) is 1.98. The Morgan fingerprint density at radius 1 is 1.33 bits per heavy atom. The molecule has 1 rings (SSSR count). The summed E-state index contributed by atoms with van der Waals surface area (Å²) in [7, 11) is 0. The zero-order valence-corrected chi connectivity index (χ0v) is 10.2. The number of aryl methyl sites for hydroxylation is 1. The van der Waals surface area contributed by atoms with Gasteiger partial charge in [-0.3, -0.25) is 0 Å². The lowest BCUT2D eigenvalue weighted by Gasteiger charge is -2.17. The predicted octanol–water partition coefficient (Wildman–Crippen LogP) is 2.21. The van der Waals surface area contributed by atoms with Crippen molar-refractivity contribution >= 4 is 0 Å². The summed E-state index contributed by atoms with van der Waals surface area (Å²) in [4.78, 5) is 8.64. The summed E-state index contributed by atoms with van der Waals surface area (Å²) in [5, 5.41) is 9.85. The monoisotopic (exact) mass is 208 g/mol. The van der Waals surface area contributed by atoms with Gasteiger partial charge in [0.25, 0.3) is 0 Å². The number of hydrogen-bond donors (Lipinski definition) is 1. The Hall–Kier alpha value is -0.960. The van der Waals surface area contributed by atoms with E-state index in [4.69, 9.17) is 0 Å². The molecule has 0 radical (unpaired) electrons. The number of rotatable bonds is 3. The summed E-state index contributed by atoms with van der Waals surface area (Å²) in [5.41, 5.74) is 0.963. The molecular formula is C12H20N2O.